The van der Waals surface area contributed by atoms with E-state index in [0.717, 1.165) is 36.7 Å². The summed E-state index contributed by atoms with van der Waals surface area (Å²) in [5.74, 6) is 0.185. The third-order valence-corrected chi connectivity index (χ3v) is 4.56. The van der Waals surface area contributed by atoms with Crippen LogP contribution in [-0.4, -0.2) is 26.0 Å². The predicted octanol–water partition coefficient (Wildman–Crippen LogP) is 4.52. The van der Waals surface area contributed by atoms with Crippen molar-refractivity contribution in [3.63, 3.8) is 0 Å². The molecule has 0 saturated heterocycles. The number of benzene rings is 2. The number of carbonyl (C=O) groups is 1. The fourth-order valence-corrected chi connectivity index (χ4v) is 3.12. The molecule has 0 aliphatic carbocycles. The molecular weight excluding hydrogens is 328 g/mol. The van der Waals surface area contributed by atoms with Gasteiger partial charge in [-0.15, -0.1) is 0 Å². The molecule has 3 rings (SSSR count). The number of nitrogens with one attached hydrogen (secondary N) is 1. The van der Waals surface area contributed by atoms with Gasteiger partial charge in [-0.2, -0.15) is 0 Å². The Morgan fingerprint density at radius 2 is 1.88 bits per heavy atom. The third kappa shape index (κ3) is 4.04. The largest absolute Gasteiger partial charge is 0.508 e. The zero-order chi connectivity index (χ0) is 18.5. The SMILES string of the molecule is CCCCCCc1cc(C(=O)Cc2nc3ccccc3[nH]2)c(O)cc1O. The van der Waals surface area contributed by atoms with Gasteiger partial charge in [0.05, 0.1) is 23.0 Å². The molecule has 26 heavy (non-hydrogen) atoms. The standard InChI is InChI=1S/C21H24N2O3/c1-2-3-4-5-8-14-11-15(19(25)12-18(14)24)20(26)13-21-22-16-9-6-7-10-17(16)23-21/h6-7,9-12,24-25H,2-5,8,13H2,1H3,(H,22,23). The highest BCUT2D eigenvalue weighted by molar-refractivity contribution is 6.00. The van der Waals surface area contributed by atoms with E-state index in [1.165, 1.54) is 6.07 Å². The lowest BCUT2D eigenvalue weighted by Crippen LogP contribution is -2.06. The normalized spacial score (nSPS) is 11.1. The van der Waals surface area contributed by atoms with Crippen molar-refractivity contribution in [2.75, 3.05) is 0 Å². The Morgan fingerprint density at radius 1 is 1.08 bits per heavy atom. The van der Waals surface area contributed by atoms with Crippen molar-refractivity contribution in [2.45, 2.75) is 45.4 Å². The summed E-state index contributed by atoms with van der Waals surface area (Å²) >= 11 is 0. The van der Waals surface area contributed by atoms with Gasteiger partial charge in [-0.1, -0.05) is 38.3 Å². The molecule has 2 aromatic carbocycles. The number of phenols is 2. The lowest BCUT2D eigenvalue weighted by Gasteiger charge is -2.09. The zero-order valence-electron chi connectivity index (χ0n) is 15.0. The highest BCUT2D eigenvalue weighted by Crippen LogP contribution is 2.29. The molecular formula is C21H24N2O3. The van der Waals surface area contributed by atoms with Gasteiger partial charge in [0.2, 0.25) is 0 Å². The van der Waals surface area contributed by atoms with E-state index in [1.807, 2.05) is 24.3 Å². The Hall–Kier alpha value is -2.82. The van der Waals surface area contributed by atoms with Crippen molar-refractivity contribution in [1.82, 2.24) is 9.97 Å². The Labute approximate surface area is 152 Å². The van der Waals surface area contributed by atoms with Crippen molar-refractivity contribution in [3.05, 3.63) is 53.3 Å². The summed E-state index contributed by atoms with van der Waals surface area (Å²) in [6.07, 6.45) is 5.08. The topological polar surface area (TPSA) is 86.2 Å². The number of aromatic nitrogens is 2. The molecule has 0 fully saturated rings. The maximum Gasteiger partial charge on any atom is 0.174 e. The summed E-state index contributed by atoms with van der Waals surface area (Å²) in [7, 11) is 0. The van der Waals surface area contributed by atoms with Crippen LogP contribution in [0.3, 0.4) is 0 Å². The molecule has 0 saturated carbocycles. The first-order valence-corrected chi connectivity index (χ1v) is 9.10. The van der Waals surface area contributed by atoms with Gasteiger partial charge in [-0.3, -0.25) is 4.79 Å². The second-order valence-electron chi connectivity index (χ2n) is 6.61. The van der Waals surface area contributed by atoms with Crippen LogP contribution in [0.2, 0.25) is 0 Å². The molecule has 1 aromatic heterocycles. The molecule has 0 radical (unpaired) electrons. The van der Waals surface area contributed by atoms with Gasteiger partial charge in [0.1, 0.15) is 17.3 Å². The molecule has 3 N–H and O–H groups in total. The van der Waals surface area contributed by atoms with Crippen LogP contribution in [-0.2, 0) is 12.8 Å². The van der Waals surface area contributed by atoms with Gasteiger partial charge in [-0.05, 0) is 36.6 Å². The minimum Gasteiger partial charge on any atom is -0.508 e. The smallest absolute Gasteiger partial charge is 0.174 e. The third-order valence-electron chi connectivity index (χ3n) is 4.56. The number of fused-ring (bicyclic) bond motifs is 1. The van der Waals surface area contributed by atoms with Crippen molar-refractivity contribution in [3.8, 4) is 11.5 Å². The number of Topliss-reactive ketones (excluding diaryl/α,β-unsaturated/α-hetero) is 1. The van der Waals surface area contributed by atoms with Crippen LogP contribution in [0, 0.1) is 0 Å². The van der Waals surface area contributed by atoms with Crippen LogP contribution in [0.15, 0.2) is 36.4 Å². The van der Waals surface area contributed by atoms with E-state index in [1.54, 1.807) is 6.07 Å². The molecule has 0 bridgehead atoms. The highest BCUT2D eigenvalue weighted by atomic mass is 16.3. The maximum absolute atomic E-state index is 12.6. The van der Waals surface area contributed by atoms with Gasteiger partial charge < -0.3 is 15.2 Å². The monoisotopic (exact) mass is 352 g/mol. The second kappa shape index (κ2) is 8.04. The van der Waals surface area contributed by atoms with Crippen LogP contribution in [0.5, 0.6) is 11.5 Å². The van der Waals surface area contributed by atoms with Crippen LogP contribution < -0.4 is 0 Å². The summed E-state index contributed by atoms with van der Waals surface area (Å²) in [5.41, 5.74) is 2.62. The molecule has 1 heterocycles. The van der Waals surface area contributed by atoms with Gasteiger partial charge in [0.15, 0.2) is 5.78 Å². The first-order chi connectivity index (χ1) is 12.6. The number of rotatable bonds is 8. The number of aryl methyl sites for hydroxylation is 1. The quantitative estimate of drug-likeness (QED) is 0.411. The number of imidazole rings is 1. The van der Waals surface area contributed by atoms with Crippen molar-refractivity contribution < 1.29 is 15.0 Å². The molecule has 3 aromatic rings. The van der Waals surface area contributed by atoms with Crippen LogP contribution in [0.4, 0.5) is 0 Å². The average Bonchev–Trinajstić information content (AvgIpc) is 3.02. The fraction of sp³-hybridized carbons (Fsp3) is 0.333. The summed E-state index contributed by atoms with van der Waals surface area (Å²) in [6.45, 7) is 2.15. The van der Waals surface area contributed by atoms with Gasteiger partial charge in [-0.25, -0.2) is 4.98 Å². The lowest BCUT2D eigenvalue weighted by atomic mass is 9.99. The summed E-state index contributed by atoms with van der Waals surface area (Å²) < 4.78 is 0. The molecule has 0 atom stereocenters. The number of ketones is 1. The minimum atomic E-state index is -0.226. The van der Waals surface area contributed by atoms with Crippen LogP contribution in [0.1, 0.15) is 54.4 Å². The molecule has 136 valence electrons. The molecule has 0 spiro atoms. The van der Waals surface area contributed by atoms with Crippen molar-refractivity contribution in [2.24, 2.45) is 0 Å². The maximum atomic E-state index is 12.6. The van der Waals surface area contributed by atoms with E-state index < -0.39 is 0 Å². The van der Waals surface area contributed by atoms with Gasteiger partial charge in [0, 0.05) is 6.07 Å². The van der Waals surface area contributed by atoms with Crippen molar-refractivity contribution in [1.29, 1.82) is 0 Å². The lowest BCUT2D eigenvalue weighted by molar-refractivity contribution is 0.0988. The Kier molecular flexibility index (Phi) is 5.56. The fourth-order valence-electron chi connectivity index (χ4n) is 3.12. The molecule has 0 unspecified atom stereocenters. The summed E-state index contributed by atoms with van der Waals surface area (Å²) in [6, 6.07) is 10.5. The number of hydrogen-bond donors (Lipinski definition) is 3. The minimum absolute atomic E-state index is 0.0410. The van der Waals surface area contributed by atoms with E-state index in [9.17, 15) is 15.0 Å². The van der Waals surface area contributed by atoms with E-state index >= 15 is 0 Å². The van der Waals surface area contributed by atoms with E-state index in [2.05, 4.69) is 16.9 Å². The molecule has 5 heteroatoms. The van der Waals surface area contributed by atoms with Gasteiger partial charge in [0.25, 0.3) is 0 Å². The number of aromatic hydroxyl groups is 2. The zero-order valence-corrected chi connectivity index (χ0v) is 15.0. The average molecular weight is 352 g/mol. The number of hydrogen-bond acceptors (Lipinski definition) is 4. The number of para-hydroxylation sites is 2. The van der Waals surface area contributed by atoms with E-state index in [4.69, 9.17) is 0 Å². The summed E-state index contributed by atoms with van der Waals surface area (Å²) in [5, 5.41) is 20.2. The number of nitrogens with zero attached hydrogens (tertiary/aromatic N) is 1. The van der Waals surface area contributed by atoms with E-state index in [-0.39, 0.29) is 29.3 Å². The molecule has 0 amide bonds. The van der Waals surface area contributed by atoms with Crippen LogP contribution >= 0.6 is 0 Å². The number of aromatic amines is 1. The van der Waals surface area contributed by atoms with Crippen LogP contribution in [0.25, 0.3) is 11.0 Å². The number of carbonyl (C=O) groups excluding carboxylic acids is 1. The van der Waals surface area contributed by atoms with E-state index in [0.29, 0.717) is 17.8 Å². The van der Waals surface area contributed by atoms with Crippen molar-refractivity contribution >= 4 is 16.8 Å². The highest BCUT2D eigenvalue weighted by Gasteiger charge is 2.17. The Morgan fingerprint density at radius 3 is 2.65 bits per heavy atom. The molecule has 0 aliphatic rings. The number of phenolic OH excluding ortho intramolecular Hbond substituents is 2. The first kappa shape index (κ1) is 18.0. The first-order valence-electron chi connectivity index (χ1n) is 9.10. The second-order valence-corrected chi connectivity index (χ2v) is 6.61. The van der Waals surface area contributed by atoms with Gasteiger partial charge >= 0.3 is 0 Å². The molecule has 5 nitrogen and oxygen atoms in total. The molecule has 0 aliphatic heterocycles. The Balaban J connectivity index is 1.77. The summed E-state index contributed by atoms with van der Waals surface area (Å²) in [4.78, 5) is 20.2. The predicted molar refractivity (Wildman–Crippen MR) is 102 cm³/mol. The number of unbranched alkanes of at least 4 members (excludes halogenated alkanes) is 3. The number of H-pyrrole nitrogens is 1. The Bertz CT molecular complexity index is 882.